The van der Waals surface area contributed by atoms with Crippen molar-refractivity contribution in [1.82, 2.24) is 10.2 Å². The SMILES string of the molecule is CCCCc1[nH]nc(N)c1-c1cccc(Cl)c1. The first-order chi connectivity index (χ1) is 8.22. The summed E-state index contributed by atoms with van der Waals surface area (Å²) in [7, 11) is 0. The van der Waals surface area contributed by atoms with E-state index in [1.165, 1.54) is 0 Å². The van der Waals surface area contributed by atoms with Crippen LogP contribution in [0.3, 0.4) is 0 Å². The Bertz CT molecular complexity index is 505. The average Bonchev–Trinajstić information content (AvgIpc) is 2.68. The summed E-state index contributed by atoms with van der Waals surface area (Å²) in [6, 6.07) is 7.70. The van der Waals surface area contributed by atoms with Gasteiger partial charge in [-0.2, -0.15) is 5.10 Å². The first-order valence-electron chi connectivity index (χ1n) is 5.81. The van der Waals surface area contributed by atoms with E-state index in [0.717, 1.165) is 36.1 Å². The van der Waals surface area contributed by atoms with Crippen LogP contribution in [0, 0.1) is 0 Å². The molecule has 0 saturated heterocycles. The van der Waals surface area contributed by atoms with Crippen molar-refractivity contribution in [3.05, 3.63) is 35.0 Å². The molecule has 0 fully saturated rings. The minimum Gasteiger partial charge on any atom is -0.382 e. The molecule has 0 saturated carbocycles. The van der Waals surface area contributed by atoms with Gasteiger partial charge in [0, 0.05) is 16.3 Å². The highest BCUT2D eigenvalue weighted by Crippen LogP contribution is 2.30. The molecule has 4 heteroatoms. The topological polar surface area (TPSA) is 54.7 Å². The average molecular weight is 250 g/mol. The van der Waals surface area contributed by atoms with E-state index in [9.17, 15) is 0 Å². The molecular weight excluding hydrogens is 234 g/mol. The summed E-state index contributed by atoms with van der Waals surface area (Å²) in [6.45, 7) is 2.17. The molecule has 3 N–H and O–H groups in total. The number of hydrogen-bond donors (Lipinski definition) is 2. The molecular formula is C13H16ClN3. The van der Waals surface area contributed by atoms with Crippen LogP contribution in [0.5, 0.6) is 0 Å². The molecule has 2 rings (SSSR count). The van der Waals surface area contributed by atoms with Crippen LogP contribution in [-0.2, 0) is 6.42 Å². The molecule has 0 unspecified atom stereocenters. The lowest BCUT2D eigenvalue weighted by Gasteiger charge is -2.04. The molecule has 90 valence electrons. The van der Waals surface area contributed by atoms with E-state index >= 15 is 0 Å². The standard InChI is InChI=1S/C13H16ClN3/c1-2-3-7-11-12(13(15)17-16-11)9-5-4-6-10(14)8-9/h4-6,8H,2-3,7H2,1H3,(H3,15,16,17). The Morgan fingerprint density at radius 1 is 1.41 bits per heavy atom. The van der Waals surface area contributed by atoms with Crippen LogP contribution in [0.25, 0.3) is 11.1 Å². The zero-order chi connectivity index (χ0) is 12.3. The fraction of sp³-hybridized carbons (Fsp3) is 0.308. The number of halogens is 1. The highest BCUT2D eigenvalue weighted by molar-refractivity contribution is 6.30. The van der Waals surface area contributed by atoms with Gasteiger partial charge < -0.3 is 5.73 Å². The van der Waals surface area contributed by atoms with Gasteiger partial charge in [0.05, 0.1) is 0 Å². The molecule has 0 aliphatic carbocycles. The summed E-state index contributed by atoms with van der Waals surface area (Å²) in [5.41, 5.74) is 9.01. The Hall–Kier alpha value is -1.48. The molecule has 1 aromatic heterocycles. The van der Waals surface area contributed by atoms with Gasteiger partial charge in [0.2, 0.25) is 0 Å². The van der Waals surface area contributed by atoms with Crippen LogP contribution >= 0.6 is 11.6 Å². The minimum atomic E-state index is 0.540. The number of rotatable bonds is 4. The number of aromatic amines is 1. The van der Waals surface area contributed by atoms with Crippen LogP contribution in [-0.4, -0.2) is 10.2 Å². The zero-order valence-corrected chi connectivity index (χ0v) is 10.6. The van der Waals surface area contributed by atoms with Crippen molar-refractivity contribution in [2.24, 2.45) is 0 Å². The number of nitrogen functional groups attached to an aromatic ring is 1. The predicted octanol–water partition coefficient (Wildman–Crippen LogP) is 3.65. The van der Waals surface area contributed by atoms with Crippen molar-refractivity contribution < 1.29 is 0 Å². The largest absolute Gasteiger partial charge is 0.382 e. The third kappa shape index (κ3) is 2.61. The number of nitrogens with two attached hydrogens (primary N) is 1. The van der Waals surface area contributed by atoms with Crippen molar-refractivity contribution >= 4 is 17.4 Å². The number of benzene rings is 1. The summed E-state index contributed by atoms with van der Waals surface area (Å²) in [5, 5.41) is 7.81. The van der Waals surface area contributed by atoms with Gasteiger partial charge in [0.25, 0.3) is 0 Å². The van der Waals surface area contributed by atoms with Crippen LogP contribution in [0.1, 0.15) is 25.5 Å². The smallest absolute Gasteiger partial charge is 0.153 e. The molecule has 2 aromatic rings. The van der Waals surface area contributed by atoms with Gasteiger partial charge in [-0.3, -0.25) is 5.10 Å². The molecule has 3 nitrogen and oxygen atoms in total. The van der Waals surface area contributed by atoms with Gasteiger partial charge in [-0.25, -0.2) is 0 Å². The monoisotopic (exact) mass is 249 g/mol. The quantitative estimate of drug-likeness (QED) is 0.869. The predicted molar refractivity (Wildman–Crippen MR) is 72.1 cm³/mol. The second-order valence-electron chi connectivity index (χ2n) is 4.08. The highest BCUT2D eigenvalue weighted by atomic mass is 35.5. The molecule has 0 bridgehead atoms. The van der Waals surface area contributed by atoms with E-state index < -0.39 is 0 Å². The molecule has 0 amide bonds. The number of nitrogens with zero attached hydrogens (tertiary/aromatic N) is 1. The van der Waals surface area contributed by atoms with Crippen LogP contribution in [0.15, 0.2) is 24.3 Å². The Morgan fingerprint density at radius 3 is 2.94 bits per heavy atom. The first-order valence-corrected chi connectivity index (χ1v) is 6.18. The second kappa shape index (κ2) is 5.23. The number of anilines is 1. The van der Waals surface area contributed by atoms with Crippen molar-refractivity contribution in [1.29, 1.82) is 0 Å². The number of unbranched alkanes of at least 4 members (excludes halogenated alkanes) is 1. The van der Waals surface area contributed by atoms with E-state index in [4.69, 9.17) is 17.3 Å². The molecule has 0 aliphatic heterocycles. The molecule has 0 atom stereocenters. The highest BCUT2D eigenvalue weighted by Gasteiger charge is 2.12. The fourth-order valence-electron chi connectivity index (χ4n) is 1.89. The maximum atomic E-state index is 6.00. The minimum absolute atomic E-state index is 0.540. The maximum absolute atomic E-state index is 6.00. The number of aryl methyl sites for hydroxylation is 1. The Morgan fingerprint density at radius 2 is 2.24 bits per heavy atom. The van der Waals surface area contributed by atoms with Gasteiger partial charge in [0.15, 0.2) is 5.82 Å². The molecule has 1 aromatic carbocycles. The number of nitrogens with one attached hydrogen (secondary N) is 1. The lowest BCUT2D eigenvalue weighted by atomic mass is 10.0. The second-order valence-corrected chi connectivity index (χ2v) is 4.51. The third-order valence-corrected chi connectivity index (χ3v) is 3.00. The van der Waals surface area contributed by atoms with E-state index in [2.05, 4.69) is 17.1 Å². The maximum Gasteiger partial charge on any atom is 0.153 e. The van der Waals surface area contributed by atoms with Crippen molar-refractivity contribution in [2.45, 2.75) is 26.2 Å². The summed E-state index contributed by atoms with van der Waals surface area (Å²) >= 11 is 6.00. The number of hydrogen-bond acceptors (Lipinski definition) is 2. The van der Waals surface area contributed by atoms with Gasteiger partial charge >= 0.3 is 0 Å². The number of aromatic nitrogens is 2. The van der Waals surface area contributed by atoms with E-state index in [1.54, 1.807) is 0 Å². The summed E-state index contributed by atoms with van der Waals surface area (Å²) in [4.78, 5) is 0. The van der Waals surface area contributed by atoms with Crippen LogP contribution in [0.2, 0.25) is 5.02 Å². The van der Waals surface area contributed by atoms with Gasteiger partial charge in [-0.15, -0.1) is 0 Å². The Labute approximate surface area is 106 Å². The molecule has 0 radical (unpaired) electrons. The first kappa shape index (κ1) is 12.0. The van der Waals surface area contributed by atoms with Gasteiger partial charge in [0.1, 0.15) is 0 Å². The van der Waals surface area contributed by atoms with E-state index in [-0.39, 0.29) is 0 Å². The summed E-state index contributed by atoms with van der Waals surface area (Å²) < 4.78 is 0. The van der Waals surface area contributed by atoms with Gasteiger partial charge in [-0.1, -0.05) is 37.1 Å². The van der Waals surface area contributed by atoms with Crippen molar-refractivity contribution in [2.75, 3.05) is 5.73 Å². The molecule has 0 aliphatic rings. The van der Waals surface area contributed by atoms with Crippen molar-refractivity contribution in [3.63, 3.8) is 0 Å². The summed E-state index contributed by atoms with van der Waals surface area (Å²) in [6.07, 6.45) is 3.23. The van der Waals surface area contributed by atoms with Gasteiger partial charge in [-0.05, 0) is 30.5 Å². The lowest BCUT2D eigenvalue weighted by molar-refractivity contribution is 0.773. The number of H-pyrrole nitrogens is 1. The Kier molecular flexibility index (Phi) is 3.69. The molecule has 1 heterocycles. The van der Waals surface area contributed by atoms with Crippen LogP contribution in [0.4, 0.5) is 5.82 Å². The van der Waals surface area contributed by atoms with E-state index in [1.807, 2.05) is 24.3 Å². The Balaban J connectivity index is 2.39. The van der Waals surface area contributed by atoms with Crippen molar-refractivity contribution in [3.8, 4) is 11.1 Å². The fourth-order valence-corrected chi connectivity index (χ4v) is 2.08. The normalized spacial score (nSPS) is 10.7. The molecule has 17 heavy (non-hydrogen) atoms. The third-order valence-electron chi connectivity index (χ3n) is 2.76. The summed E-state index contributed by atoms with van der Waals surface area (Å²) in [5.74, 6) is 0.540. The van der Waals surface area contributed by atoms with Crippen LogP contribution < -0.4 is 5.73 Å². The van der Waals surface area contributed by atoms with E-state index in [0.29, 0.717) is 10.8 Å². The lowest BCUT2D eigenvalue weighted by Crippen LogP contribution is -1.91. The zero-order valence-electron chi connectivity index (χ0n) is 9.83. The molecule has 0 spiro atoms.